The molecule has 0 aliphatic carbocycles. The molecule has 1 nitrogen and oxygen atoms in total. The van der Waals surface area contributed by atoms with Crippen LogP contribution >= 0.6 is 24.0 Å². The fourth-order valence-electron chi connectivity index (χ4n) is 1.57. The molecule has 2 rings (SSSR count). The molecule has 0 saturated carbocycles. The van der Waals surface area contributed by atoms with E-state index in [1.165, 1.54) is 4.70 Å². The van der Waals surface area contributed by atoms with Crippen molar-refractivity contribution in [1.29, 1.82) is 0 Å². The maximum atomic E-state index is 11.0. The molecule has 0 N–H and O–H groups in total. The van der Waals surface area contributed by atoms with Crippen molar-refractivity contribution in [3.63, 3.8) is 0 Å². The topological polar surface area (TPSA) is 17.1 Å². The number of rotatable bonds is 2. The highest BCUT2D eigenvalue weighted by Crippen LogP contribution is 2.31. The molecule has 14 heavy (non-hydrogen) atoms. The lowest BCUT2D eigenvalue weighted by atomic mass is 10.1. The van der Waals surface area contributed by atoms with E-state index in [9.17, 15) is 4.79 Å². The van der Waals surface area contributed by atoms with Crippen molar-refractivity contribution < 1.29 is 4.79 Å². The Morgan fingerprint density at radius 3 is 3.00 bits per heavy atom. The first-order valence-corrected chi connectivity index (χ1v) is 5.77. The number of fused-ring (bicyclic) bond motifs is 1. The van der Waals surface area contributed by atoms with Crippen LogP contribution in [0.15, 0.2) is 22.4 Å². The molecule has 0 fully saturated rings. The number of aldehydes is 1. The van der Waals surface area contributed by atoms with Crippen LogP contribution in [0.5, 0.6) is 0 Å². The summed E-state index contributed by atoms with van der Waals surface area (Å²) in [4.78, 5) is 11.8. The van der Waals surface area contributed by atoms with Gasteiger partial charge in [0.25, 0.3) is 0 Å². The normalized spacial score (nSPS) is 10.7. The van der Waals surface area contributed by atoms with E-state index in [1.54, 1.807) is 11.3 Å². The van der Waals surface area contributed by atoms with E-state index in [4.69, 9.17) is 0 Å². The number of hydrogen-bond acceptors (Lipinski definition) is 3. The van der Waals surface area contributed by atoms with Crippen LogP contribution in [-0.4, -0.2) is 6.29 Å². The van der Waals surface area contributed by atoms with Crippen LogP contribution in [0.1, 0.15) is 22.8 Å². The van der Waals surface area contributed by atoms with Gasteiger partial charge in [-0.3, -0.25) is 4.79 Å². The number of hydrogen-bond donors (Lipinski definition) is 1. The quantitative estimate of drug-likeness (QED) is 0.607. The van der Waals surface area contributed by atoms with Gasteiger partial charge >= 0.3 is 0 Å². The Morgan fingerprint density at radius 2 is 2.36 bits per heavy atom. The Morgan fingerprint density at radius 1 is 1.57 bits per heavy atom. The van der Waals surface area contributed by atoms with Crippen LogP contribution in [0.25, 0.3) is 10.1 Å². The lowest BCUT2D eigenvalue weighted by Crippen LogP contribution is -1.90. The number of benzene rings is 1. The van der Waals surface area contributed by atoms with E-state index < -0.39 is 0 Å². The van der Waals surface area contributed by atoms with Gasteiger partial charge in [0.15, 0.2) is 6.29 Å². The molecule has 72 valence electrons. The number of thiophene rings is 1. The molecule has 1 heterocycles. The summed E-state index contributed by atoms with van der Waals surface area (Å²) in [7, 11) is 0. The zero-order valence-corrected chi connectivity index (χ0v) is 9.49. The van der Waals surface area contributed by atoms with E-state index in [1.807, 2.05) is 11.4 Å². The van der Waals surface area contributed by atoms with Crippen LogP contribution in [0.3, 0.4) is 0 Å². The van der Waals surface area contributed by atoms with Crippen molar-refractivity contribution in [3.8, 4) is 0 Å². The smallest absolute Gasteiger partial charge is 0.151 e. The van der Waals surface area contributed by atoms with Crippen LogP contribution < -0.4 is 0 Å². The molecule has 3 heteroatoms. The summed E-state index contributed by atoms with van der Waals surface area (Å²) in [5.74, 6) is 0. The fourth-order valence-corrected chi connectivity index (χ4v) is 2.83. The molecule has 0 unspecified atom stereocenters. The number of carbonyl (C=O) groups excluding carboxylic acids is 1. The minimum absolute atomic E-state index is 0.726. The Balaban J connectivity index is 2.87. The van der Waals surface area contributed by atoms with E-state index in [2.05, 4.69) is 25.6 Å². The molecule has 0 spiro atoms. The third kappa shape index (κ3) is 1.37. The zero-order chi connectivity index (χ0) is 10.1. The molecule has 0 radical (unpaired) electrons. The van der Waals surface area contributed by atoms with E-state index in [0.717, 1.165) is 34.1 Å². The lowest BCUT2D eigenvalue weighted by Gasteiger charge is -2.05. The molecule has 0 bridgehead atoms. The van der Waals surface area contributed by atoms with Crippen molar-refractivity contribution in [1.82, 2.24) is 0 Å². The van der Waals surface area contributed by atoms with Gasteiger partial charge in [0.1, 0.15) is 0 Å². The van der Waals surface area contributed by atoms with E-state index in [-0.39, 0.29) is 0 Å². The molecule has 1 aromatic heterocycles. The summed E-state index contributed by atoms with van der Waals surface area (Å²) < 4.78 is 1.17. The largest absolute Gasteiger partial charge is 0.298 e. The molecule has 1 aromatic carbocycles. The average Bonchev–Trinajstić information content (AvgIpc) is 2.64. The van der Waals surface area contributed by atoms with Gasteiger partial charge < -0.3 is 0 Å². The van der Waals surface area contributed by atoms with E-state index >= 15 is 0 Å². The monoisotopic (exact) mass is 222 g/mol. The van der Waals surface area contributed by atoms with Gasteiger partial charge in [0, 0.05) is 20.5 Å². The van der Waals surface area contributed by atoms with Crippen LogP contribution in [0.4, 0.5) is 0 Å². The van der Waals surface area contributed by atoms with Gasteiger partial charge in [-0.05, 0) is 29.5 Å². The Kier molecular flexibility index (Phi) is 2.61. The molecular weight excluding hydrogens is 212 g/mol. The van der Waals surface area contributed by atoms with Gasteiger partial charge in [0.05, 0.1) is 0 Å². The first kappa shape index (κ1) is 9.74. The number of aryl methyl sites for hydroxylation is 1. The summed E-state index contributed by atoms with van der Waals surface area (Å²) in [5, 5.41) is 3.02. The maximum Gasteiger partial charge on any atom is 0.151 e. The Labute approximate surface area is 92.2 Å². The molecule has 0 atom stereocenters. The number of thiol groups is 1. The second-order valence-corrected chi connectivity index (χ2v) is 4.50. The molecule has 0 aliphatic heterocycles. The second-order valence-electron chi connectivity index (χ2n) is 3.10. The van der Waals surface area contributed by atoms with Crippen molar-refractivity contribution in [2.45, 2.75) is 18.2 Å². The summed E-state index contributed by atoms with van der Waals surface area (Å²) in [6.07, 6.45) is 1.81. The van der Waals surface area contributed by atoms with Crippen molar-refractivity contribution in [2.24, 2.45) is 0 Å². The molecule has 2 aromatic rings. The standard InChI is InChI=1S/C11H10OS2/c1-2-7-5-10-8(3-4-14-10)9(6-12)11(7)13/h3-6,13H,2H2,1H3. The SMILES string of the molecule is CCc1cc2sccc2c(C=O)c1S. The van der Waals surface area contributed by atoms with Crippen molar-refractivity contribution in [2.75, 3.05) is 0 Å². The summed E-state index contributed by atoms with van der Waals surface area (Å²) in [6, 6.07) is 4.10. The Hall–Kier alpha value is -0.800. The summed E-state index contributed by atoms with van der Waals surface area (Å²) in [6.45, 7) is 2.07. The molecule has 0 aliphatic rings. The first-order chi connectivity index (χ1) is 6.77. The second kappa shape index (κ2) is 3.75. The Bertz CT molecular complexity index is 485. The lowest BCUT2D eigenvalue weighted by molar-refractivity contribution is 0.112. The first-order valence-electron chi connectivity index (χ1n) is 4.45. The average molecular weight is 222 g/mol. The molecular formula is C11H10OS2. The van der Waals surface area contributed by atoms with Gasteiger partial charge in [-0.1, -0.05) is 6.92 Å². The fraction of sp³-hybridized carbons (Fsp3) is 0.182. The van der Waals surface area contributed by atoms with Crippen molar-refractivity contribution >= 4 is 40.3 Å². The predicted molar refractivity (Wildman–Crippen MR) is 63.8 cm³/mol. The highest BCUT2D eigenvalue weighted by atomic mass is 32.1. The number of carbonyl (C=O) groups is 1. The minimum atomic E-state index is 0.726. The maximum absolute atomic E-state index is 11.0. The molecule has 0 saturated heterocycles. The highest BCUT2D eigenvalue weighted by Gasteiger charge is 2.09. The van der Waals surface area contributed by atoms with Gasteiger partial charge in [-0.2, -0.15) is 0 Å². The van der Waals surface area contributed by atoms with Gasteiger partial charge in [-0.15, -0.1) is 24.0 Å². The highest BCUT2D eigenvalue weighted by molar-refractivity contribution is 7.80. The predicted octanol–water partition coefficient (Wildman–Crippen LogP) is 3.56. The third-order valence-electron chi connectivity index (χ3n) is 2.35. The zero-order valence-electron chi connectivity index (χ0n) is 7.78. The molecule has 0 amide bonds. The van der Waals surface area contributed by atoms with E-state index in [0.29, 0.717) is 0 Å². The third-order valence-corrected chi connectivity index (χ3v) is 3.74. The minimum Gasteiger partial charge on any atom is -0.298 e. The van der Waals surface area contributed by atoms with Crippen molar-refractivity contribution in [3.05, 3.63) is 28.6 Å². The van der Waals surface area contributed by atoms with Crippen LogP contribution in [0.2, 0.25) is 0 Å². The van der Waals surface area contributed by atoms with Crippen LogP contribution in [0, 0.1) is 0 Å². The van der Waals surface area contributed by atoms with Crippen LogP contribution in [-0.2, 0) is 6.42 Å². The summed E-state index contributed by atoms with van der Waals surface area (Å²) >= 11 is 6.06. The van der Waals surface area contributed by atoms with Gasteiger partial charge in [0.2, 0.25) is 0 Å². The summed E-state index contributed by atoms with van der Waals surface area (Å²) in [5.41, 5.74) is 1.87. The van der Waals surface area contributed by atoms with Gasteiger partial charge in [-0.25, -0.2) is 0 Å².